The largest absolute Gasteiger partial charge is 0.496 e. The molecule has 6 nitrogen and oxygen atoms in total. The quantitative estimate of drug-likeness (QED) is 0.711. The van der Waals surface area contributed by atoms with E-state index in [1.54, 1.807) is 0 Å². The van der Waals surface area contributed by atoms with E-state index < -0.39 is 19.9 Å². The lowest BCUT2D eigenvalue weighted by molar-refractivity contribution is 0.411. The summed E-state index contributed by atoms with van der Waals surface area (Å²) >= 11 is 3.21. The Bertz CT molecular complexity index is 670. The molecule has 1 aromatic carbocycles. The molecule has 114 valence electrons. The van der Waals surface area contributed by atoms with E-state index in [-0.39, 0.29) is 23.6 Å². The number of methoxy groups -OCH3 is 1. The van der Waals surface area contributed by atoms with Gasteiger partial charge in [0.1, 0.15) is 15.6 Å². The first-order valence-corrected chi connectivity index (χ1v) is 10.0. The van der Waals surface area contributed by atoms with Crippen LogP contribution in [0.1, 0.15) is 6.42 Å². The summed E-state index contributed by atoms with van der Waals surface area (Å²) in [6, 6.07) is 4.38. The van der Waals surface area contributed by atoms with Crippen LogP contribution in [0.2, 0.25) is 0 Å². The molecule has 1 rings (SSSR count). The van der Waals surface area contributed by atoms with Crippen molar-refractivity contribution in [1.29, 1.82) is 0 Å². The second kappa shape index (κ2) is 6.88. The summed E-state index contributed by atoms with van der Waals surface area (Å²) in [5.74, 6) is 0.475. The summed E-state index contributed by atoms with van der Waals surface area (Å²) in [4.78, 5) is 0.0875. The van der Waals surface area contributed by atoms with Crippen LogP contribution >= 0.6 is 15.9 Å². The van der Waals surface area contributed by atoms with Crippen LogP contribution in [0.4, 0.5) is 0 Å². The fourth-order valence-electron chi connectivity index (χ4n) is 1.44. The average molecular weight is 386 g/mol. The summed E-state index contributed by atoms with van der Waals surface area (Å²) in [7, 11) is -5.25. The molecule has 0 atom stereocenters. The number of hydrogen-bond acceptors (Lipinski definition) is 5. The molecule has 0 bridgehead atoms. The van der Waals surface area contributed by atoms with E-state index in [0.29, 0.717) is 10.2 Å². The maximum atomic E-state index is 12.0. The molecule has 1 N–H and O–H groups in total. The van der Waals surface area contributed by atoms with Gasteiger partial charge in [-0.05, 0) is 40.5 Å². The number of nitrogens with one attached hydrogen (secondary N) is 1. The van der Waals surface area contributed by atoms with E-state index in [9.17, 15) is 16.8 Å². The van der Waals surface area contributed by atoms with Gasteiger partial charge in [0.2, 0.25) is 10.0 Å². The van der Waals surface area contributed by atoms with Crippen LogP contribution < -0.4 is 9.46 Å². The Labute approximate surface area is 127 Å². The van der Waals surface area contributed by atoms with Gasteiger partial charge in [0.05, 0.1) is 22.2 Å². The molecule has 0 amide bonds. The molecule has 0 aliphatic carbocycles. The van der Waals surface area contributed by atoms with Gasteiger partial charge >= 0.3 is 0 Å². The SMILES string of the molecule is COc1ccc(S(=O)(=O)NCCCS(C)(=O)=O)cc1Br. The minimum atomic E-state index is -3.66. The van der Waals surface area contributed by atoms with Gasteiger partial charge in [0, 0.05) is 12.8 Å². The van der Waals surface area contributed by atoms with Crippen molar-refractivity contribution < 1.29 is 21.6 Å². The molecule has 0 unspecified atom stereocenters. The topological polar surface area (TPSA) is 89.5 Å². The van der Waals surface area contributed by atoms with Crippen LogP contribution in [0, 0.1) is 0 Å². The molecule has 0 aliphatic heterocycles. The normalized spacial score (nSPS) is 12.3. The molecule has 0 radical (unpaired) electrons. The van der Waals surface area contributed by atoms with E-state index in [4.69, 9.17) is 4.74 Å². The molecule has 0 heterocycles. The van der Waals surface area contributed by atoms with Crippen molar-refractivity contribution in [2.45, 2.75) is 11.3 Å². The summed E-state index contributed by atoms with van der Waals surface area (Å²) in [5, 5.41) is 0. The fraction of sp³-hybridized carbons (Fsp3) is 0.455. The average Bonchev–Trinajstić information content (AvgIpc) is 2.33. The molecule has 0 saturated carbocycles. The van der Waals surface area contributed by atoms with Gasteiger partial charge in [-0.1, -0.05) is 0 Å². The first kappa shape index (κ1) is 17.4. The number of hydrogen-bond donors (Lipinski definition) is 1. The van der Waals surface area contributed by atoms with Crippen molar-refractivity contribution in [1.82, 2.24) is 4.72 Å². The molecule has 0 aliphatic rings. The number of sulfone groups is 1. The number of rotatable bonds is 7. The standard InChI is InChI=1S/C11H16BrNO5S2/c1-18-11-5-4-9(8-10(11)12)20(16,17)13-6-3-7-19(2,14)15/h4-5,8,13H,3,6-7H2,1-2H3. The lowest BCUT2D eigenvalue weighted by atomic mass is 10.3. The minimum absolute atomic E-state index is 0.0537. The Morgan fingerprint density at radius 1 is 1.25 bits per heavy atom. The third kappa shape index (κ3) is 5.39. The first-order chi connectivity index (χ1) is 9.15. The Hall–Kier alpha value is -0.640. The predicted molar refractivity (Wildman–Crippen MR) is 80.2 cm³/mol. The van der Waals surface area contributed by atoms with Gasteiger partial charge in [-0.15, -0.1) is 0 Å². The Balaban J connectivity index is 2.72. The van der Waals surface area contributed by atoms with E-state index in [1.807, 2.05) is 0 Å². The zero-order valence-corrected chi connectivity index (χ0v) is 14.3. The van der Waals surface area contributed by atoms with Crippen LogP contribution in [0.5, 0.6) is 5.75 Å². The zero-order chi connectivity index (χ0) is 15.4. The lowest BCUT2D eigenvalue weighted by Gasteiger charge is -2.08. The minimum Gasteiger partial charge on any atom is -0.496 e. The maximum absolute atomic E-state index is 12.0. The van der Waals surface area contributed by atoms with Crippen molar-refractivity contribution in [3.8, 4) is 5.75 Å². The Morgan fingerprint density at radius 2 is 1.90 bits per heavy atom. The zero-order valence-electron chi connectivity index (χ0n) is 11.1. The lowest BCUT2D eigenvalue weighted by Crippen LogP contribution is -2.26. The smallest absolute Gasteiger partial charge is 0.240 e. The van der Waals surface area contributed by atoms with Crippen LogP contribution in [-0.4, -0.2) is 42.5 Å². The van der Waals surface area contributed by atoms with Gasteiger partial charge < -0.3 is 4.74 Å². The second-order valence-electron chi connectivity index (χ2n) is 4.18. The number of benzene rings is 1. The van der Waals surface area contributed by atoms with Crippen molar-refractivity contribution in [3.05, 3.63) is 22.7 Å². The van der Waals surface area contributed by atoms with Gasteiger partial charge in [-0.3, -0.25) is 0 Å². The number of halogens is 1. The molecule has 9 heteroatoms. The van der Waals surface area contributed by atoms with Crippen molar-refractivity contribution in [2.24, 2.45) is 0 Å². The predicted octanol–water partition coefficient (Wildman–Crippen LogP) is 1.17. The van der Waals surface area contributed by atoms with Crippen LogP contribution in [-0.2, 0) is 19.9 Å². The number of sulfonamides is 1. The van der Waals surface area contributed by atoms with Gasteiger partial charge in [0.25, 0.3) is 0 Å². The molecule has 0 aromatic heterocycles. The highest BCUT2D eigenvalue weighted by atomic mass is 79.9. The van der Waals surface area contributed by atoms with Gasteiger partial charge in [-0.2, -0.15) is 0 Å². The first-order valence-electron chi connectivity index (χ1n) is 5.66. The highest BCUT2D eigenvalue weighted by molar-refractivity contribution is 9.10. The molecule has 0 fully saturated rings. The van der Waals surface area contributed by atoms with E-state index >= 15 is 0 Å². The molecule has 1 aromatic rings. The van der Waals surface area contributed by atoms with E-state index in [0.717, 1.165) is 6.26 Å². The second-order valence-corrected chi connectivity index (χ2v) is 9.06. The van der Waals surface area contributed by atoms with Crippen molar-refractivity contribution >= 4 is 35.8 Å². The monoisotopic (exact) mass is 385 g/mol. The Morgan fingerprint density at radius 3 is 2.40 bits per heavy atom. The number of ether oxygens (including phenoxy) is 1. The van der Waals surface area contributed by atoms with Crippen LogP contribution in [0.15, 0.2) is 27.6 Å². The molecular weight excluding hydrogens is 370 g/mol. The summed E-state index contributed by atoms with van der Waals surface area (Å²) in [6.07, 6.45) is 1.34. The van der Waals surface area contributed by atoms with E-state index in [1.165, 1.54) is 25.3 Å². The van der Waals surface area contributed by atoms with Crippen molar-refractivity contribution in [2.75, 3.05) is 25.7 Å². The van der Waals surface area contributed by atoms with Crippen LogP contribution in [0.3, 0.4) is 0 Å². The third-order valence-corrected chi connectivity index (χ3v) is 5.53. The fourth-order valence-corrected chi connectivity index (χ4v) is 3.90. The summed E-state index contributed by atoms with van der Waals surface area (Å²) in [6.45, 7) is 0.0685. The molecule has 0 spiro atoms. The Kier molecular flexibility index (Phi) is 5.99. The molecule has 20 heavy (non-hydrogen) atoms. The summed E-state index contributed by atoms with van der Waals surface area (Å²) < 4.78 is 53.8. The molecular formula is C11H16BrNO5S2. The molecule has 0 saturated heterocycles. The highest BCUT2D eigenvalue weighted by Crippen LogP contribution is 2.27. The van der Waals surface area contributed by atoms with E-state index in [2.05, 4.69) is 20.7 Å². The van der Waals surface area contributed by atoms with Crippen LogP contribution in [0.25, 0.3) is 0 Å². The third-order valence-electron chi connectivity index (χ3n) is 2.42. The maximum Gasteiger partial charge on any atom is 0.240 e. The van der Waals surface area contributed by atoms with Gasteiger partial charge in [-0.25, -0.2) is 21.6 Å². The summed E-state index contributed by atoms with van der Waals surface area (Å²) in [5.41, 5.74) is 0. The van der Waals surface area contributed by atoms with Crippen molar-refractivity contribution in [3.63, 3.8) is 0 Å². The highest BCUT2D eigenvalue weighted by Gasteiger charge is 2.15. The van der Waals surface area contributed by atoms with Gasteiger partial charge in [0.15, 0.2) is 0 Å².